The normalized spacial score (nSPS) is 25.4. The van der Waals surface area contributed by atoms with Gasteiger partial charge in [0, 0.05) is 4.47 Å². The van der Waals surface area contributed by atoms with Crippen LogP contribution in [0.15, 0.2) is 22.7 Å². The first kappa shape index (κ1) is 14.9. The van der Waals surface area contributed by atoms with Gasteiger partial charge < -0.3 is 15.2 Å². The lowest BCUT2D eigenvalue weighted by Gasteiger charge is -2.25. The lowest BCUT2D eigenvalue weighted by atomic mass is 9.85. The van der Waals surface area contributed by atoms with Crippen molar-refractivity contribution in [2.24, 2.45) is 5.41 Å². The maximum atomic E-state index is 13.7. The van der Waals surface area contributed by atoms with Gasteiger partial charge in [0.15, 0.2) is 0 Å². The molecule has 2 unspecified atom stereocenters. The number of hydrogen-bond donors (Lipinski definition) is 2. The van der Waals surface area contributed by atoms with Crippen LogP contribution in [0, 0.1) is 11.2 Å². The maximum absolute atomic E-state index is 13.7. The van der Waals surface area contributed by atoms with E-state index in [1.54, 1.807) is 6.07 Å². The van der Waals surface area contributed by atoms with Gasteiger partial charge in [-0.05, 0) is 35.0 Å². The molecule has 0 spiro atoms. The summed E-state index contributed by atoms with van der Waals surface area (Å²) in [5.74, 6) is -2.40. The molecule has 0 aliphatic carbocycles. The molecule has 108 valence electrons. The number of nitrogens with one attached hydrogen (secondary N) is 1. The molecule has 20 heavy (non-hydrogen) atoms. The molecule has 1 saturated heterocycles. The van der Waals surface area contributed by atoms with Crippen molar-refractivity contribution in [3.05, 3.63) is 34.1 Å². The number of halogens is 2. The molecule has 2 rings (SSSR count). The second-order valence-corrected chi connectivity index (χ2v) is 5.71. The fourth-order valence-corrected chi connectivity index (χ4v) is 2.55. The first-order valence-corrected chi connectivity index (χ1v) is 6.71. The molecule has 0 radical (unpaired) electrons. The summed E-state index contributed by atoms with van der Waals surface area (Å²) < 4.78 is 19.1. The zero-order valence-corrected chi connectivity index (χ0v) is 12.2. The highest BCUT2D eigenvalue weighted by molar-refractivity contribution is 9.10. The van der Waals surface area contributed by atoms with E-state index in [1.807, 2.05) is 0 Å². The molecule has 0 bridgehead atoms. The summed E-state index contributed by atoms with van der Waals surface area (Å²) in [5.41, 5.74) is -1.36. The van der Waals surface area contributed by atoms with Crippen molar-refractivity contribution in [1.82, 2.24) is 5.32 Å². The Hall–Kier alpha value is -1.47. The number of carbonyl (C=O) groups is 2. The summed E-state index contributed by atoms with van der Waals surface area (Å²) in [7, 11) is 0. The van der Waals surface area contributed by atoms with Crippen LogP contribution in [0.2, 0.25) is 0 Å². The van der Waals surface area contributed by atoms with Crippen LogP contribution in [0.1, 0.15) is 17.3 Å². The average molecular weight is 346 g/mol. The van der Waals surface area contributed by atoms with Crippen LogP contribution in [0.25, 0.3) is 0 Å². The molecule has 1 aliphatic heterocycles. The molecule has 1 aromatic carbocycles. The molecule has 2 atom stereocenters. The minimum Gasteiger partial charge on any atom is -0.481 e. The topological polar surface area (TPSA) is 75.6 Å². The summed E-state index contributed by atoms with van der Waals surface area (Å²) >= 11 is 3.11. The van der Waals surface area contributed by atoms with Crippen LogP contribution >= 0.6 is 15.9 Å². The van der Waals surface area contributed by atoms with E-state index in [0.29, 0.717) is 4.47 Å². The smallest absolute Gasteiger partial charge is 0.313 e. The first-order valence-electron chi connectivity index (χ1n) is 5.92. The van der Waals surface area contributed by atoms with E-state index in [-0.39, 0.29) is 18.8 Å². The Morgan fingerprint density at radius 1 is 1.55 bits per heavy atom. The zero-order valence-electron chi connectivity index (χ0n) is 10.7. The van der Waals surface area contributed by atoms with Gasteiger partial charge in [-0.3, -0.25) is 9.59 Å². The van der Waals surface area contributed by atoms with Gasteiger partial charge in [-0.25, -0.2) is 4.39 Å². The minimum atomic E-state index is -1.21. The number of carboxylic acid groups (broad SMARTS) is 1. The Morgan fingerprint density at radius 2 is 2.25 bits per heavy atom. The van der Waals surface area contributed by atoms with Crippen LogP contribution in [-0.2, 0) is 9.53 Å². The van der Waals surface area contributed by atoms with Gasteiger partial charge in [0.05, 0.1) is 24.8 Å². The fraction of sp³-hybridized carbons (Fsp3) is 0.385. The second kappa shape index (κ2) is 5.49. The van der Waals surface area contributed by atoms with Gasteiger partial charge in [0.2, 0.25) is 0 Å². The predicted molar refractivity (Wildman–Crippen MR) is 71.9 cm³/mol. The Kier molecular flexibility index (Phi) is 4.10. The molecule has 0 aromatic heterocycles. The monoisotopic (exact) mass is 345 g/mol. The number of benzene rings is 1. The summed E-state index contributed by atoms with van der Waals surface area (Å²) in [6.07, 6.45) is 0. The van der Waals surface area contributed by atoms with Crippen molar-refractivity contribution in [1.29, 1.82) is 0 Å². The molecule has 1 heterocycles. The molecule has 2 N–H and O–H groups in total. The molecular weight excluding hydrogens is 333 g/mol. The van der Waals surface area contributed by atoms with Gasteiger partial charge in [-0.2, -0.15) is 0 Å². The van der Waals surface area contributed by atoms with E-state index in [0.717, 1.165) is 0 Å². The second-order valence-electron chi connectivity index (χ2n) is 4.86. The van der Waals surface area contributed by atoms with Gasteiger partial charge in [-0.1, -0.05) is 6.07 Å². The molecule has 5 nitrogen and oxygen atoms in total. The number of aliphatic carboxylic acids is 1. The largest absolute Gasteiger partial charge is 0.481 e. The average Bonchev–Trinajstić information content (AvgIpc) is 2.72. The van der Waals surface area contributed by atoms with Crippen molar-refractivity contribution in [3.63, 3.8) is 0 Å². The fourth-order valence-electron chi connectivity index (χ4n) is 2.03. The van der Waals surface area contributed by atoms with Crippen molar-refractivity contribution < 1.29 is 23.8 Å². The van der Waals surface area contributed by atoms with Gasteiger partial charge in [0.25, 0.3) is 5.91 Å². The minimum absolute atomic E-state index is 0.00568. The predicted octanol–water partition coefficient (Wildman–Crippen LogP) is 1.81. The molecule has 1 fully saturated rings. The Morgan fingerprint density at radius 3 is 2.85 bits per heavy atom. The Labute approximate surface area is 123 Å². The highest BCUT2D eigenvalue weighted by atomic mass is 79.9. The number of ether oxygens (including phenoxy) is 1. The molecule has 1 amide bonds. The van der Waals surface area contributed by atoms with Crippen molar-refractivity contribution in [3.8, 4) is 0 Å². The van der Waals surface area contributed by atoms with Crippen LogP contribution < -0.4 is 5.32 Å². The molecule has 0 saturated carbocycles. The van der Waals surface area contributed by atoms with Crippen molar-refractivity contribution in [2.45, 2.75) is 13.0 Å². The highest BCUT2D eigenvalue weighted by Gasteiger charge is 2.47. The van der Waals surface area contributed by atoms with E-state index in [9.17, 15) is 19.1 Å². The van der Waals surface area contributed by atoms with Crippen LogP contribution in [0.3, 0.4) is 0 Å². The maximum Gasteiger partial charge on any atom is 0.313 e. The number of carboxylic acids is 1. The molecule has 1 aliphatic rings. The third kappa shape index (κ3) is 2.55. The highest BCUT2D eigenvalue weighted by Crippen LogP contribution is 2.29. The summed E-state index contributed by atoms with van der Waals surface area (Å²) in [6.45, 7) is 1.58. The summed E-state index contributed by atoms with van der Waals surface area (Å²) in [4.78, 5) is 23.4. The number of rotatable bonds is 3. The van der Waals surface area contributed by atoms with E-state index in [4.69, 9.17) is 4.74 Å². The SMILES string of the molecule is CC1(C(=O)O)COCC1NC(=O)c1c(F)cccc1Br. The van der Waals surface area contributed by atoms with Gasteiger partial charge in [0.1, 0.15) is 11.2 Å². The summed E-state index contributed by atoms with van der Waals surface area (Å²) in [5, 5.41) is 11.8. The van der Waals surface area contributed by atoms with Crippen LogP contribution in [0.4, 0.5) is 4.39 Å². The lowest BCUT2D eigenvalue weighted by Crippen LogP contribution is -2.49. The van der Waals surface area contributed by atoms with Crippen LogP contribution in [-0.4, -0.2) is 36.2 Å². The van der Waals surface area contributed by atoms with Gasteiger partial charge in [-0.15, -0.1) is 0 Å². The standard InChI is InChI=1S/C13H13BrFNO4/c1-13(12(18)19)6-20-5-9(13)16-11(17)10-7(14)3-2-4-8(10)15/h2-4,9H,5-6H2,1H3,(H,16,17)(H,18,19). The first-order chi connectivity index (χ1) is 9.36. The number of hydrogen-bond acceptors (Lipinski definition) is 3. The number of amides is 1. The molecular formula is C13H13BrFNO4. The van der Waals surface area contributed by atoms with Crippen molar-refractivity contribution >= 4 is 27.8 Å². The zero-order chi connectivity index (χ0) is 14.9. The van der Waals surface area contributed by atoms with Crippen LogP contribution in [0.5, 0.6) is 0 Å². The molecule has 7 heteroatoms. The van der Waals surface area contributed by atoms with E-state index >= 15 is 0 Å². The van der Waals surface area contributed by atoms with Gasteiger partial charge >= 0.3 is 5.97 Å². The van der Waals surface area contributed by atoms with E-state index in [1.165, 1.54) is 19.1 Å². The number of carbonyl (C=O) groups excluding carboxylic acids is 1. The summed E-state index contributed by atoms with van der Waals surface area (Å²) in [6, 6.07) is 3.47. The van der Waals surface area contributed by atoms with E-state index < -0.39 is 29.2 Å². The Bertz CT molecular complexity index is 545. The lowest BCUT2D eigenvalue weighted by molar-refractivity contribution is -0.148. The third-order valence-corrected chi connectivity index (χ3v) is 4.10. The third-order valence-electron chi connectivity index (χ3n) is 3.44. The van der Waals surface area contributed by atoms with Crippen molar-refractivity contribution in [2.75, 3.05) is 13.2 Å². The Balaban J connectivity index is 2.22. The van der Waals surface area contributed by atoms with E-state index in [2.05, 4.69) is 21.2 Å². The quantitative estimate of drug-likeness (QED) is 0.875. The molecule has 1 aromatic rings.